The van der Waals surface area contributed by atoms with E-state index < -0.39 is 8.32 Å². The van der Waals surface area contributed by atoms with Crippen LogP contribution in [-0.4, -0.2) is 38.3 Å². The molecule has 1 N–H and O–H groups in total. The molecule has 1 fully saturated rings. The highest BCUT2D eigenvalue weighted by atomic mass is 28.4. The minimum atomic E-state index is -1.76. The van der Waals surface area contributed by atoms with Crippen LogP contribution in [0.2, 0.25) is 18.1 Å². The molecule has 0 unspecified atom stereocenters. The molecular weight excluding hydrogens is 280 g/mol. The van der Waals surface area contributed by atoms with Gasteiger partial charge in [-0.1, -0.05) is 40.2 Å². The Bertz CT molecular complexity index is 459. The largest absolute Gasteiger partial charge is 0.413 e. The van der Waals surface area contributed by atoms with Gasteiger partial charge in [0, 0.05) is 5.41 Å². The normalized spacial score (nSPS) is 32.1. The molecule has 2 atom stereocenters. The molecule has 0 aromatic rings. The van der Waals surface area contributed by atoms with Crippen molar-refractivity contribution in [2.24, 2.45) is 5.41 Å². The van der Waals surface area contributed by atoms with Gasteiger partial charge in [-0.15, -0.1) is 0 Å². The van der Waals surface area contributed by atoms with Crippen LogP contribution >= 0.6 is 0 Å². The van der Waals surface area contributed by atoms with E-state index in [0.29, 0.717) is 6.61 Å². The van der Waals surface area contributed by atoms with Crippen LogP contribution in [0.25, 0.3) is 0 Å². The smallest absolute Gasteiger partial charge is 0.192 e. The molecule has 0 radical (unpaired) electrons. The summed E-state index contributed by atoms with van der Waals surface area (Å²) in [6, 6.07) is 0. The topological polar surface area (TPSA) is 42.0 Å². The first-order valence-electron chi connectivity index (χ1n) is 8.01. The van der Waals surface area contributed by atoms with Crippen molar-refractivity contribution in [3.63, 3.8) is 0 Å². The lowest BCUT2D eigenvalue weighted by molar-refractivity contribution is 0.0842. The predicted molar refractivity (Wildman–Crippen MR) is 88.9 cm³/mol. The molecular formula is C17H32O3Si. The third kappa shape index (κ3) is 2.54. The van der Waals surface area contributed by atoms with Gasteiger partial charge < -0.3 is 14.3 Å². The van der Waals surface area contributed by atoms with E-state index in [0.717, 1.165) is 6.42 Å². The van der Waals surface area contributed by atoms with Crippen LogP contribution in [0.5, 0.6) is 0 Å². The fourth-order valence-electron chi connectivity index (χ4n) is 3.28. The van der Waals surface area contributed by atoms with Crippen molar-refractivity contribution < 1.29 is 14.3 Å². The van der Waals surface area contributed by atoms with Crippen molar-refractivity contribution in [1.82, 2.24) is 0 Å². The van der Waals surface area contributed by atoms with Crippen LogP contribution in [0, 0.1) is 5.41 Å². The number of epoxide rings is 1. The van der Waals surface area contributed by atoms with Gasteiger partial charge in [0.15, 0.2) is 8.32 Å². The van der Waals surface area contributed by atoms with Crippen LogP contribution in [-0.2, 0) is 9.16 Å². The predicted octanol–water partition coefficient (Wildman–Crippen LogP) is 3.88. The second-order valence-electron chi connectivity index (χ2n) is 8.79. The highest BCUT2D eigenvalue weighted by Crippen LogP contribution is 2.60. The molecule has 0 aromatic heterocycles. The van der Waals surface area contributed by atoms with Crippen molar-refractivity contribution in [1.29, 1.82) is 0 Å². The van der Waals surface area contributed by atoms with E-state index in [-0.39, 0.29) is 28.8 Å². The number of fused-ring (bicyclic) bond motifs is 1. The highest BCUT2D eigenvalue weighted by Gasteiger charge is 2.68. The summed E-state index contributed by atoms with van der Waals surface area (Å²) >= 11 is 0. The van der Waals surface area contributed by atoms with Gasteiger partial charge >= 0.3 is 0 Å². The molecule has 0 saturated carbocycles. The maximum absolute atomic E-state index is 9.81. The molecule has 1 heterocycles. The molecule has 1 aliphatic heterocycles. The van der Waals surface area contributed by atoms with E-state index in [9.17, 15) is 5.11 Å². The Balaban J connectivity index is 2.20. The van der Waals surface area contributed by atoms with Gasteiger partial charge in [0.25, 0.3) is 0 Å². The summed E-state index contributed by atoms with van der Waals surface area (Å²) in [5, 5.41) is 10.0. The summed E-state index contributed by atoms with van der Waals surface area (Å²) in [6.07, 6.45) is 1.12. The van der Waals surface area contributed by atoms with E-state index in [1.54, 1.807) is 0 Å². The molecule has 4 heteroatoms. The van der Waals surface area contributed by atoms with E-state index in [1.807, 2.05) is 0 Å². The first kappa shape index (κ1) is 17.2. The van der Waals surface area contributed by atoms with Gasteiger partial charge in [0.05, 0.1) is 19.3 Å². The van der Waals surface area contributed by atoms with Crippen LogP contribution < -0.4 is 0 Å². The van der Waals surface area contributed by atoms with Gasteiger partial charge in [-0.3, -0.25) is 0 Å². The molecule has 1 saturated heterocycles. The molecule has 1 aliphatic carbocycles. The number of hydrogen-bond donors (Lipinski definition) is 1. The van der Waals surface area contributed by atoms with Crippen LogP contribution in [0.4, 0.5) is 0 Å². The zero-order valence-electron chi connectivity index (χ0n) is 15.0. The lowest BCUT2D eigenvalue weighted by Gasteiger charge is -2.42. The lowest BCUT2D eigenvalue weighted by atomic mass is 9.65. The Morgan fingerprint density at radius 3 is 2.38 bits per heavy atom. The number of ether oxygens (including phenoxy) is 1. The minimum Gasteiger partial charge on any atom is -0.413 e. The Kier molecular flexibility index (Phi) is 4.03. The van der Waals surface area contributed by atoms with Crippen LogP contribution in [0.1, 0.15) is 48.0 Å². The molecule has 122 valence electrons. The Hall–Kier alpha value is -0.163. The van der Waals surface area contributed by atoms with Gasteiger partial charge in [-0.25, -0.2) is 0 Å². The first-order valence-corrected chi connectivity index (χ1v) is 10.9. The minimum absolute atomic E-state index is 0.0987. The zero-order chi connectivity index (χ0) is 16.3. The average Bonchev–Trinajstić information content (AvgIpc) is 3.02. The lowest BCUT2D eigenvalue weighted by Crippen LogP contribution is -2.47. The van der Waals surface area contributed by atoms with Crippen molar-refractivity contribution in [2.45, 2.75) is 77.8 Å². The average molecular weight is 313 g/mol. The Morgan fingerprint density at radius 2 is 1.90 bits per heavy atom. The summed E-state index contributed by atoms with van der Waals surface area (Å²) in [7, 11) is -1.76. The maximum Gasteiger partial charge on any atom is 0.192 e. The third-order valence-corrected chi connectivity index (χ3v) is 10.7. The summed E-state index contributed by atoms with van der Waals surface area (Å²) in [5.41, 5.74) is 2.18. The summed E-state index contributed by atoms with van der Waals surface area (Å²) < 4.78 is 12.3. The molecule has 2 rings (SSSR count). The molecule has 0 amide bonds. The molecule has 2 aliphatic rings. The second kappa shape index (κ2) is 4.92. The number of aliphatic hydroxyl groups excluding tert-OH is 1. The molecule has 0 spiro atoms. The summed E-state index contributed by atoms with van der Waals surface area (Å²) in [4.78, 5) is 0. The van der Waals surface area contributed by atoms with Crippen LogP contribution in [0.3, 0.4) is 0 Å². The van der Waals surface area contributed by atoms with E-state index >= 15 is 0 Å². The highest BCUT2D eigenvalue weighted by molar-refractivity contribution is 6.74. The van der Waals surface area contributed by atoms with E-state index in [4.69, 9.17) is 9.16 Å². The number of aliphatic hydroxyl groups is 1. The van der Waals surface area contributed by atoms with E-state index in [2.05, 4.69) is 54.6 Å². The summed E-state index contributed by atoms with van der Waals surface area (Å²) in [6.45, 7) is 18.7. The fraction of sp³-hybridized carbons (Fsp3) is 0.882. The standard InChI is InChI=1S/C17H32O3Si/c1-12-9-14-17(11-18,20-14)16(5,6)13(12)10-19-21(7,8)15(2,3)4/h14,18H,9-11H2,1-8H3/t14-,17-/m0/s1. The number of rotatable bonds is 4. The Labute approximate surface area is 130 Å². The van der Waals surface area contributed by atoms with Gasteiger partial charge in [-0.2, -0.15) is 0 Å². The first-order chi connectivity index (χ1) is 9.39. The van der Waals surface area contributed by atoms with Crippen molar-refractivity contribution in [3.05, 3.63) is 11.1 Å². The molecule has 3 nitrogen and oxygen atoms in total. The van der Waals surface area contributed by atoms with Crippen molar-refractivity contribution >= 4 is 8.32 Å². The Morgan fingerprint density at radius 1 is 1.33 bits per heavy atom. The summed E-state index contributed by atoms with van der Waals surface area (Å²) in [5.74, 6) is 0. The van der Waals surface area contributed by atoms with Gasteiger partial charge in [0.2, 0.25) is 0 Å². The molecule has 0 aromatic carbocycles. The monoisotopic (exact) mass is 312 g/mol. The SMILES string of the molecule is CC1=C(CO[Si](C)(C)C(C)(C)C)C(C)(C)[C@@]2(CO)O[C@H]2C1. The third-order valence-electron chi connectivity index (χ3n) is 6.25. The second-order valence-corrected chi connectivity index (χ2v) is 13.6. The van der Waals surface area contributed by atoms with Gasteiger partial charge in [-0.05, 0) is 37.0 Å². The maximum atomic E-state index is 9.81. The van der Waals surface area contributed by atoms with Crippen LogP contribution in [0.15, 0.2) is 11.1 Å². The van der Waals surface area contributed by atoms with E-state index in [1.165, 1.54) is 11.1 Å². The zero-order valence-corrected chi connectivity index (χ0v) is 16.0. The molecule has 21 heavy (non-hydrogen) atoms. The quantitative estimate of drug-likeness (QED) is 0.486. The van der Waals surface area contributed by atoms with Crippen molar-refractivity contribution in [3.8, 4) is 0 Å². The number of hydrogen-bond acceptors (Lipinski definition) is 3. The van der Waals surface area contributed by atoms with Crippen molar-refractivity contribution in [2.75, 3.05) is 13.2 Å². The fourth-order valence-corrected chi connectivity index (χ4v) is 4.21. The van der Waals surface area contributed by atoms with Gasteiger partial charge in [0.1, 0.15) is 5.60 Å². The molecule has 0 bridgehead atoms.